The molecule has 0 aliphatic rings. The number of rotatable bonds is 7. The second-order valence-electron chi connectivity index (χ2n) is 4.65. The van der Waals surface area contributed by atoms with Crippen LogP contribution >= 0.6 is 0 Å². The van der Waals surface area contributed by atoms with Crippen LogP contribution in [-0.2, 0) is 4.79 Å². The minimum atomic E-state index is -0.815. The topological polar surface area (TPSA) is 107 Å². The maximum Gasteiger partial charge on any atom is 0.315 e. The number of aromatic amines is 1. The van der Waals surface area contributed by atoms with E-state index in [1.54, 1.807) is 12.4 Å². The quantitative estimate of drug-likeness (QED) is 0.597. The SMILES string of the molecule is CC(CCC(=O)O)CNC(=O)NC(C)c1cn[nH]c1. The van der Waals surface area contributed by atoms with Gasteiger partial charge in [-0.2, -0.15) is 5.10 Å². The van der Waals surface area contributed by atoms with Crippen LogP contribution in [0, 0.1) is 5.92 Å². The molecule has 0 radical (unpaired) electrons. The zero-order valence-electron chi connectivity index (χ0n) is 11.1. The van der Waals surface area contributed by atoms with Gasteiger partial charge in [-0.1, -0.05) is 6.92 Å². The number of nitrogens with one attached hydrogen (secondary N) is 3. The van der Waals surface area contributed by atoms with Gasteiger partial charge in [0.2, 0.25) is 0 Å². The summed E-state index contributed by atoms with van der Waals surface area (Å²) in [6.45, 7) is 4.22. The largest absolute Gasteiger partial charge is 0.481 e. The number of aromatic nitrogens is 2. The molecule has 19 heavy (non-hydrogen) atoms. The van der Waals surface area contributed by atoms with Gasteiger partial charge in [-0.05, 0) is 19.3 Å². The molecule has 2 atom stereocenters. The lowest BCUT2D eigenvalue weighted by atomic mass is 10.1. The van der Waals surface area contributed by atoms with Crippen LogP contribution in [0.25, 0.3) is 0 Å². The first-order valence-electron chi connectivity index (χ1n) is 6.24. The van der Waals surface area contributed by atoms with Gasteiger partial charge >= 0.3 is 12.0 Å². The van der Waals surface area contributed by atoms with Crippen molar-refractivity contribution in [3.8, 4) is 0 Å². The number of carbonyl (C=O) groups excluding carboxylic acids is 1. The monoisotopic (exact) mass is 268 g/mol. The fourth-order valence-electron chi connectivity index (χ4n) is 1.57. The molecule has 0 bridgehead atoms. The number of nitrogens with zero attached hydrogens (tertiary/aromatic N) is 1. The Balaban J connectivity index is 2.22. The third kappa shape index (κ3) is 5.89. The van der Waals surface area contributed by atoms with E-state index in [1.807, 2.05) is 13.8 Å². The Hall–Kier alpha value is -2.05. The zero-order valence-corrected chi connectivity index (χ0v) is 11.1. The van der Waals surface area contributed by atoms with E-state index in [0.29, 0.717) is 13.0 Å². The summed E-state index contributed by atoms with van der Waals surface area (Å²) < 4.78 is 0. The van der Waals surface area contributed by atoms with Gasteiger partial charge in [0.25, 0.3) is 0 Å². The lowest BCUT2D eigenvalue weighted by Gasteiger charge is -2.15. The van der Waals surface area contributed by atoms with Crippen molar-refractivity contribution in [2.75, 3.05) is 6.54 Å². The summed E-state index contributed by atoms with van der Waals surface area (Å²) in [7, 11) is 0. The molecule has 0 aliphatic heterocycles. The first-order valence-corrected chi connectivity index (χ1v) is 6.24. The molecule has 0 saturated heterocycles. The fraction of sp³-hybridized carbons (Fsp3) is 0.583. The summed E-state index contributed by atoms with van der Waals surface area (Å²) in [6.07, 6.45) is 4.05. The van der Waals surface area contributed by atoms with Gasteiger partial charge in [0.05, 0.1) is 12.2 Å². The van der Waals surface area contributed by atoms with Gasteiger partial charge in [-0.3, -0.25) is 9.89 Å². The summed E-state index contributed by atoms with van der Waals surface area (Å²) in [4.78, 5) is 22.0. The zero-order chi connectivity index (χ0) is 14.3. The molecule has 0 spiro atoms. The molecule has 1 heterocycles. The third-order valence-corrected chi connectivity index (χ3v) is 2.83. The third-order valence-electron chi connectivity index (χ3n) is 2.83. The predicted octanol–water partition coefficient (Wildman–Crippen LogP) is 1.27. The minimum absolute atomic E-state index is 0.121. The van der Waals surface area contributed by atoms with Crippen molar-refractivity contribution in [2.45, 2.75) is 32.7 Å². The number of aliphatic carboxylic acids is 1. The van der Waals surface area contributed by atoms with Crippen LogP contribution < -0.4 is 10.6 Å². The van der Waals surface area contributed by atoms with Gasteiger partial charge < -0.3 is 15.7 Å². The lowest BCUT2D eigenvalue weighted by Crippen LogP contribution is -2.39. The van der Waals surface area contributed by atoms with Crippen molar-refractivity contribution in [3.63, 3.8) is 0 Å². The number of carboxylic acid groups (broad SMARTS) is 1. The average molecular weight is 268 g/mol. The van der Waals surface area contributed by atoms with Gasteiger partial charge in [0, 0.05) is 24.7 Å². The van der Waals surface area contributed by atoms with Crippen molar-refractivity contribution in [3.05, 3.63) is 18.0 Å². The minimum Gasteiger partial charge on any atom is -0.481 e. The number of hydrogen-bond donors (Lipinski definition) is 4. The number of H-pyrrole nitrogens is 1. The Kier molecular flexibility index (Phi) is 5.84. The number of carboxylic acids is 1. The van der Waals surface area contributed by atoms with Crippen LogP contribution in [0.3, 0.4) is 0 Å². The second kappa shape index (κ2) is 7.40. The van der Waals surface area contributed by atoms with E-state index >= 15 is 0 Å². The Morgan fingerprint density at radius 3 is 2.79 bits per heavy atom. The van der Waals surface area contributed by atoms with E-state index in [0.717, 1.165) is 5.56 Å². The maximum atomic E-state index is 11.6. The normalized spacial score (nSPS) is 13.6. The van der Waals surface area contributed by atoms with Gasteiger partial charge in [-0.15, -0.1) is 0 Å². The van der Waals surface area contributed by atoms with Crippen LogP contribution in [-0.4, -0.2) is 33.8 Å². The van der Waals surface area contributed by atoms with Crippen LogP contribution in [0.1, 0.15) is 38.3 Å². The van der Waals surface area contributed by atoms with E-state index in [-0.39, 0.29) is 24.4 Å². The van der Waals surface area contributed by atoms with Crippen LogP contribution in [0.5, 0.6) is 0 Å². The van der Waals surface area contributed by atoms with Crippen LogP contribution in [0.15, 0.2) is 12.4 Å². The molecule has 1 aromatic rings. The second-order valence-corrected chi connectivity index (χ2v) is 4.65. The van der Waals surface area contributed by atoms with E-state index in [1.165, 1.54) is 0 Å². The van der Waals surface area contributed by atoms with E-state index in [4.69, 9.17) is 5.11 Å². The first-order chi connectivity index (χ1) is 8.99. The van der Waals surface area contributed by atoms with E-state index < -0.39 is 5.97 Å². The molecule has 7 nitrogen and oxygen atoms in total. The molecule has 2 amide bonds. The Morgan fingerprint density at radius 2 is 2.21 bits per heavy atom. The molecule has 0 saturated carbocycles. The van der Waals surface area contributed by atoms with Gasteiger partial charge in [0.1, 0.15) is 0 Å². The molecule has 0 fully saturated rings. The average Bonchev–Trinajstić information content (AvgIpc) is 2.87. The van der Waals surface area contributed by atoms with Crippen molar-refractivity contribution in [1.82, 2.24) is 20.8 Å². The molecular weight excluding hydrogens is 248 g/mol. The summed E-state index contributed by atoms with van der Waals surface area (Å²) in [5.74, 6) is -0.684. The molecule has 106 valence electrons. The molecule has 2 unspecified atom stereocenters. The Labute approximate surface area is 111 Å². The first kappa shape index (κ1) is 15.0. The standard InChI is InChI=1S/C12H20N4O3/c1-8(3-4-11(17)18)5-13-12(19)16-9(2)10-6-14-15-7-10/h6-9H,3-5H2,1-2H3,(H,14,15)(H,17,18)(H2,13,16,19). The molecule has 4 N–H and O–H groups in total. The van der Waals surface area contributed by atoms with E-state index in [2.05, 4.69) is 20.8 Å². The number of urea groups is 1. The van der Waals surface area contributed by atoms with Crippen LogP contribution in [0.4, 0.5) is 4.79 Å². The van der Waals surface area contributed by atoms with Crippen molar-refractivity contribution < 1.29 is 14.7 Å². The van der Waals surface area contributed by atoms with Crippen LogP contribution in [0.2, 0.25) is 0 Å². The molecule has 0 aliphatic carbocycles. The van der Waals surface area contributed by atoms with Gasteiger partial charge in [0.15, 0.2) is 0 Å². The number of carbonyl (C=O) groups is 2. The van der Waals surface area contributed by atoms with Crippen molar-refractivity contribution in [1.29, 1.82) is 0 Å². The molecule has 1 rings (SSSR count). The Bertz CT molecular complexity index is 405. The highest BCUT2D eigenvalue weighted by Crippen LogP contribution is 2.08. The maximum absolute atomic E-state index is 11.6. The molecule has 1 aromatic heterocycles. The number of amides is 2. The summed E-state index contributed by atoms with van der Waals surface area (Å²) >= 11 is 0. The molecule has 7 heteroatoms. The van der Waals surface area contributed by atoms with Crippen molar-refractivity contribution in [2.24, 2.45) is 5.92 Å². The Morgan fingerprint density at radius 1 is 1.47 bits per heavy atom. The number of hydrogen-bond acceptors (Lipinski definition) is 3. The highest BCUT2D eigenvalue weighted by atomic mass is 16.4. The highest BCUT2D eigenvalue weighted by molar-refractivity contribution is 5.74. The van der Waals surface area contributed by atoms with E-state index in [9.17, 15) is 9.59 Å². The molecule has 0 aromatic carbocycles. The molecular formula is C12H20N4O3. The summed E-state index contributed by atoms with van der Waals surface area (Å²) in [6, 6.07) is -0.399. The van der Waals surface area contributed by atoms with Crippen molar-refractivity contribution >= 4 is 12.0 Å². The lowest BCUT2D eigenvalue weighted by molar-refractivity contribution is -0.137. The summed E-state index contributed by atoms with van der Waals surface area (Å²) in [5.41, 5.74) is 0.897. The predicted molar refractivity (Wildman–Crippen MR) is 69.6 cm³/mol. The fourth-order valence-corrected chi connectivity index (χ4v) is 1.57. The summed E-state index contributed by atoms with van der Waals surface area (Å²) in [5, 5.41) is 20.6. The van der Waals surface area contributed by atoms with Gasteiger partial charge in [-0.25, -0.2) is 4.79 Å². The highest BCUT2D eigenvalue weighted by Gasteiger charge is 2.11. The smallest absolute Gasteiger partial charge is 0.315 e.